The fourth-order valence-corrected chi connectivity index (χ4v) is 1.74. The molecule has 0 N–H and O–H groups in total. The maximum atomic E-state index is 4.37. The minimum absolute atomic E-state index is 1.19. The zero-order valence-electron chi connectivity index (χ0n) is 9.94. The van der Waals surface area contributed by atoms with Crippen molar-refractivity contribution in [1.82, 2.24) is 4.68 Å². The van der Waals surface area contributed by atoms with Gasteiger partial charge in [-0.2, -0.15) is 5.10 Å². The van der Waals surface area contributed by atoms with E-state index >= 15 is 0 Å². The van der Waals surface area contributed by atoms with Crippen molar-refractivity contribution < 1.29 is 0 Å². The van der Waals surface area contributed by atoms with Gasteiger partial charge in [0.15, 0.2) is 0 Å². The van der Waals surface area contributed by atoms with Crippen LogP contribution < -0.4 is 0 Å². The molecule has 2 heteroatoms. The first-order chi connectivity index (χ1) is 7.66. The smallest absolute Gasteiger partial charge is 0.0553 e. The summed E-state index contributed by atoms with van der Waals surface area (Å²) in [6.07, 6.45) is 5.76. The second kappa shape index (κ2) is 4.35. The van der Waals surface area contributed by atoms with Crippen LogP contribution in [0.25, 0.3) is 0 Å². The Morgan fingerprint density at radius 3 is 2.44 bits per heavy atom. The first-order valence-corrected chi connectivity index (χ1v) is 5.42. The molecular weight excluding hydrogens is 196 g/mol. The fraction of sp³-hybridized carbons (Fsp3) is 0.214. The van der Waals surface area contributed by atoms with Crippen LogP contribution in [0.5, 0.6) is 0 Å². The molecule has 1 aromatic heterocycles. The van der Waals surface area contributed by atoms with Crippen LogP contribution in [-0.4, -0.2) is 10.9 Å². The molecule has 1 aromatic carbocycles. The van der Waals surface area contributed by atoms with Crippen LogP contribution >= 0.6 is 0 Å². The predicted octanol–water partition coefficient (Wildman–Crippen LogP) is 3.30. The Labute approximate surface area is 96.2 Å². The molecule has 0 aliphatic carbocycles. The summed E-state index contributed by atoms with van der Waals surface area (Å²) in [5.41, 5.74) is 5.07. The van der Waals surface area contributed by atoms with Crippen LogP contribution in [0.3, 0.4) is 0 Å². The van der Waals surface area contributed by atoms with E-state index in [9.17, 15) is 0 Å². The molecule has 16 heavy (non-hydrogen) atoms. The highest BCUT2D eigenvalue weighted by Crippen LogP contribution is 2.14. The summed E-state index contributed by atoms with van der Waals surface area (Å²) < 4.78 is 1.80. The molecule has 0 aliphatic rings. The van der Waals surface area contributed by atoms with Gasteiger partial charge in [-0.25, -0.2) is 4.68 Å². The molecule has 2 rings (SSSR count). The molecule has 2 nitrogen and oxygen atoms in total. The molecule has 0 radical (unpaired) electrons. The SMILES string of the molecule is Cc1cc(C)c(C)c(C=Nn2cccc2)c1. The molecule has 0 aliphatic heterocycles. The Hall–Kier alpha value is -1.83. The van der Waals surface area contributed by atoms with Gasteiger partial charge in [-0.15, -0.1) is 0 Å². The van der Waals surface area contributed by atoms with Gasteiger partial charge >= 0.3 is 0 Å². The first-order valence-electron chi connectivity index (χ1n) is 5.42. The molecule has 0 saturated carbocycles. The van der Waals surface area contributed by atoms with Gasteiger partial charge < -0.3 is 0 Å². The monoisotopic (exact) mass is 212 g/mol. The lowest BCUT2D eigenvalue weighted by molar-refractivity contribution is 0.894. The Morgan fingerprint density at radius 1 is 1.06 bits per heavy atom. The van der Waals surface area contributed by atoms with Crippen LogP contribution in [0.15, 0.2) is 41.8 Å². The van der Waals surface area contributed by atoms with Crippen LogP contribution in [0.1, 0.15) is 22.3 Å². The van der Waals surface area contributed by atoms with Gasteiger partial charge in [-0.3, -0.25) is 0 Å². The summed E-state index contributed by atoms with van der Waals surface area (Å²) >= 11 is 0. The highest BCUT2D eigenvalue weighted by molar-refractivity contribution is 5.82. The summed E-state index contributed by atoms with van der Waals surface area (Å²) in [6.45, 7) is 6.38. The van der Waals surface area contributed by atoms with E-state index in [1.54, 1.807) is 4.68 Å². The molecule has 0 atom stereocenters. The van der Waals surface area contributed by atoms with Gasteiger partial charge in [-0.1, -0.05) is 17.7 Å². The summed E-state index contributed by atoms with van der Waals surface area (Å²) in [7, 11) is 0. The molecule has 0 saturated heterocycles. The summed E-state index contributed by atoms with van der Waals surface area (Å²) in [6, 6.07) is 8.29. The second-order valence-corrected chi connectivity index (χ2v) is 4.10. The summed E-state index contributed by atoms with van der Waals surface area (Å²) in [5.74, 6) is 0. The molecule has 0 fully saturated rings. The van der Waals surface area contributed by atoms with E-state index in [2.05, 4.69) is 38.0 Å². The van der Waals surface area contributed by atoms with Gasteiger partial charge in [0.1, 0.15) is 0 Å². The van der Waals surface area contributed by atoms with Crippen LogP contribution in [0, 0.1) is 20.8 Å². The highest BCUT2D eigenvalue weighted by Gasteiger charge is 1.99. The van der Waals surface area contributed by atoms with Crippen molar-refractivity contribution in [3.8, 4) is 0 Å². The number of hydrogen-bond acceptors (Lipinski definition) is 1. The number of benzene rings is 1. The predicted molar refractivity (Wildman–Crippen MR) is 68.1 cm³/mol. The fourth-order valence-electron chi connectivity index (χ4n) is 1.74. The summed E-state index contributed by atoms with van der Waals surface area (Å²) in [5, 5.41) is 4.37. The molecule has 0 spiro atoms. The second-order valence-electron chi connectivity index (χ2n) is 4.10. The number of rotatable bonds is 2. The standard InChI is InChI=1S/C14H16N2/c1-11-8-12(2)13(3)14(9-11)10-15-16-6-4-5-7-16/h4-10H,1-3H3. The maximum absolute atomic E-state index is 4.37. The van der Waals surface area contributed by atoms with Gasteiger partial charge in [0.05, 0.1) is 6.21 Å². The van der Waals surface area contributed by atoms with E-state index in [0.29, 0.717) is 0 Å². The third-order valence-electron chi connectivity index (χ3n) is 2.77. The van der Waals surface area contributed by atoms with Crippen molar-refractivity contribution >= 4 is 6.21 Å². The quantitative estimate of drug-likeness (QED) is 0.680. The average molecular weight is 212 g/mol. The largest absolute Gasteiger partial charge is 0.248 e. The third-order valence-corrected chi connectivity index (χ3v) is 2.77. The van der Waals surface area contributed by atoms with Gasteiger partial charge in [0, 0.05) is 12.4 Å². The lowest BCUT2D eigenvalue weighted by Gasteiger charge is -2.06. The van der Waals surface area contributed by atoms with Crippen molar-refractivity contribution in [1.29, 1.82) is 0 Å². The maximum Gasteiger partial charge on any atom is 0.0553 e. The van der Waals surface area contributed by atoms with Crippen molar-refractivity contribution in [3.63, 3.8) is 0 Å². The minimum Gasteiger partial charge on any atom is -0.248 e. The number of hydrogen-bond donors (Lipinski definition) is 0. The van der Waals surface area contributed by atoms with Gasteiger partial charge in [0.25, 0.3) is 0 Å². The van der Waals surface area contributed by atoms with Crippen LogP contribution in [0.2, 0.25) is 0 Å². The van der Waals surface area contributed by atoms with E-state index in [1.165, 1.54) is 22.3 Å². The Bertz CT molecular complexity index is 508. The van der Waals surface area contributed by atoms with Gasteiger partial charge in [0.2, 0.25) is 0 Å². The van der Waals surface area contributed by atoms with Crippen LogP contribution in [0.4, 0.5) is 0 Å². The van der Waals surface area contributed by atoms with E-state index in [4.69, 9.17) is 0 Å². The Kier molecular flexibility index (Phi) is 2.91. The highest BCUT2D eigenvalue weighted by atomic mass is 15.3. The van der Waals surface area contributed by atoms with Crippen molar-refractivity contribution in [2.75, 3.05) is 0 Å². The lowest BCUT2D eigenvalue weighted by Crippen LogP contribution is -1.94. The molecule has 0 amide bonds. The zero-order valence-corrected chi connectivity index (χ0v) is 9.94. The van der Waals surface area contributed by atoms with E-state index in [0.717, 1.165) is 0 Å². The van der Waals surface area contributed by atoms with Crippen LogP contribution in [-0.2, 0) is 0 Å². The summed E-state index contributed by atoms with van der Waals surface area (Å²) in [4.78, 5) is 0. The molecule has 1 heterocycles. The molecule has 0 bridgehead atoms. The van der Waals surface area contributed by atoms with E-state index in [-0.39, 0.29) is 0 Å². The molecule has 82 valence electrons. The van der Waals surface area contributed by atoms with Gasteiger partial charge in [-0.05, 0) is 49.6 Å². The van der Waals surface area contributed by atoms with Crippen molar-refractivity contribution in [3.05, 3.63) is 58.9 Å². The van der Waals surface area contributed by atoms with E-state index < -0.39 is 0 Å². The number of aryl methyl sites for hydroxylation is 2. The normalized spacial score (nSPS) is 11.2. The van der Waals surface area contributed by atoms with Crippen molar-refractivity contribution in [2.24, 2.45) is 5.10 Å². The minimum atomic E-state index is 1.19. The molecule has 0 unspecified atom stereocenters. The lowest BCUT2D eigenvalue weighted by atomic mass is 10.0. The average Bonchev–Trinajstić information content (AvgIpc) is 2.74. The van der Waals surface area contributed by atoms with Crippen molar-refractivity contribution in [2.45, 2.75) is 20.8 Å². The van der Waals surface area contributed by atoms with E-state index in [1.807, 2.05) is 30.7 Å². The number of nitrogens with zero attached hydrogens (tertiary/aromatic N) is 2. The molecular formula is C14H16N2. The topological polar surface area (TPSA) is 17.3 Å². The molecule has 2 aromatic rings. The first kappa shape index (κ1) is 10.7. The number of aromatic nitrogens is 1. The Morgan fingerprint density at radius 2 is 1.75 bits per heavy atom. The third kappa shape index (κ3) is 2.22. The Balaban J connectivity index is 2.34. The zero-order chi connectivity index (χ0) is 11.5.